The fraction of sp³-hybridized carbons (Fsp3) is 1.00. The fourth-order valence-corrected chi connectivity index (χ4v) is 0.813. The Hall–Kier alpha value is 0.440. The van der Waals surface area contributed by atoms with Crippen LogP contribution >= 0.6 is 23.2 Å². The van der Waals surface area contributed by atoms with Crippen molar-refractivity contribution in [1.29, 1.82) is 0 Å². The van der Waals surface area contributed by atoms with Crippen molar-refractivity contribution in [2.24, 2.45) is 0 Å². The highest BCUT2D eigenvalue weighted by Crippen LogP contribution is 2.23. The van der Waals surface area contributed by atoms with E-state index in [1.54, 1.807) is 0 Å². The minimum atomic E-state index is -2.74. The summed E-state index contributed by atoms with van der Waals surface area (Å²) in [6.07, 6.45) is -0.476. The van der Waals surface area contributed by atoms with E-state index in [1.807, 2.05) is 0 Å². The number of hydrogen-bond donors (Lipinski definition) is 0. The Bertz CT molecular complexity index is 66.9. The maximum Gasteiger partial charge on any atom is 0.248 e. The minimum Gasteiger partial charge on any atom is -0.207 e. The second-order valence-corrected chi connectivity index (χ2v) is 2.94. The Labute approximate surface area is 56.8 Å². The summed E-state index contributed by atoms with van der Waals surface area (Å²) in [5.41, 5.74) is 0. The predicted molar refractivity (Wildman–Crippen MR) is 30.7 cm³/mol. The van der Waals surface area contributed by atoms with Gasteiger partial charge >= 0.3 is 0 Å². The van der Waals surface area contributed by atoms with Crippen LogP contribution in [-0.2, 0) is 0 Å². The van der Waals surface area contributed by atoms with E-state index in [4.69, 9.17) is 23.2 Å². The van der Waals surface area contributed by atoms with Gasteiger partial charge in [-0.3, -0.25) is 0 Å². The van der Waals surface area contributed by atoms with Crippen molar-refractivity contribution in [1.82, 2.24) is 0 Å². The van der Waals surface area contributed by atoms with Crippen LogP contribution in [0.25, 0.3) is 0 Å². The first-order valence-corrected chi connectivity index (χ1v) is 2.95. The largest absolute Gasteiger partial charge is 0.248 e. The molecule has 0 aliphatic rings. The first kappa shape index (κ1) is 8.44. The summed E-state index contributed by atoms with van der Waals surface area (Å²) < 4.78 is 23.6. The Morgan fingerprint density at radius 2 is 1.88 bits per heavy atom. The van der Waals surface area contributed by atoms with Crippen molar-refractivity contribution in [3.05, 3.63) is 0 Å². The number of rotatable bonds is 2. The predicted octanol–water partition coefficient (Wildman–Crippen LogP) is 2.84. The third-order valence-corrected chi connectivity index (χ3v) is 0.821. The first-order chi connectivity index (χ1) is 3.42. The average molecular weight is 163 g/mol. The Morgan fingerprint density at radius 3 is 1.88 bits per heavy atom. The molecular weight excluding hydrogens is 157 g/mol. The van der Waals surface area contributed by atoms with Gasteiger partial charge in [-0.2, -0.15) is 0 Å². The van der Waals surface area contributed by atoms with Crippen LogP contribution in [0.2, 0.25) is 0 Å². The van der Waals surface area contributed by atoms with Gasteiger partial charge in [0.25, 0.3) is 0 Å². The van der Waals surface area contributed by atoms with Crippen LogP contribution in [0, 0.1) is 0 Å². The molecule has 0 saturated carbocycles. The van der Waals surface area contributed by atoms with E-state index in [1.165, 1.54) is 0 Å². The summed E-state index contributed by atoms with van der Waals surface area (Å²) in [5.74, 6) is -2.74. The quantitative estimate of drug-likeness (QED) is 0.549. The molecule has 0 saturated heterocycles. The molecule has 0 bridgehead atoms. The van der Waals surface area contributed by atoms with Gasteiger partial charge < -0.3 is 0 Å². The maximum absolute atomic E-state index is 11.8. The minimum absolute atomic E-state index is 0.476. The molecule has 0 N–H and O–H groups in total. The van der Waals surface area contributed by atoms with Crippen LogP contribution in [0.4, 0.5) is 8.78 Å². The molecule has 0 aliphatic heterocycles. The summed E-state index contributed by atoms with van der Waals surface area (Å²) in [5, 5.41) is 0. The molecule has 0 aromatic rings. The second-order valence-electron chi connectivity index (χ2n) is 1.67. The summed E-state index contributed by atoms with van der Waals surface area (Å²) in [6.45, 7) is 0.783. The van der Waals surface area contributed by atoms with Gasteiger partial charge in [0, 0.05) is 6.42 Å². The molecule has 0 unspecified atom stereocenters. The van der Waals surface area contributed by atoms with Gasteiger partial charge in [0.1, 0.15) is 4.84 Å². The van der Waals surface area contributed by atoms with Crippen molar-refractivity contribution < 1.29 is 8.78 Å². The van der Waals surface area contributed by atoms with Crippen LogP contribution in [0.5, 0.6) is 0 Å². The number of alkyl halides is 4. The molecule has 0 fully saturated rings. The van der Waals surface area contributed by atoms with Crippen molar-refractivity contribution in [3.8, 4) is 0 Å². The lowest BCUT2D eigenvalue weighted by atomic mass is 10.3. The van der Waals surface area contributed by atoms with Gasteiger partial charge in [-0.1, -0.05) is 0 Å². The summed E-state index contributed by atoms with van der Waals surface area (Å²) in [4.78, 5) is -0.963. The van der Waals surface area contributed by atoms with Gasteiger partial charge in [-0.05, 0) is 6.92 Å². The zero-order chi connectivity index (χ0) is 6.78. The SMILES string of the molecule is CC(F)(F)CC(Cl)Cl. The van der Waals surface area contributed by atoms with Crippen molar-refractivity contribution in [3.63, 3.8) is 0 Å². The Morgan fingerprint density at radius 1 is 1.50 bits per heavy atom. The van der Waals surface area contributed by atoms with Crippen molar-refractivity contribution >= 4 is 23.2 Å². The van der Waals surface area contributed by atoms with E-state index in [0.717, 1.165) is 6.92 Å². The van der Waals surface area contributed by atoms with Gasteiger partial charge in [0.05, 0.1) is 0 Å². The van der Waals surface area contributed by atoms with Gasteiger partial charge in [0.2, 0.25) is 5.92 Å². The van der Waals surface area contributed by atoms with E-state index in [0.29, 0.717) is 0 Å². The molecule has 0 aromatic carbocycles. The summed E-state index contributed by atoms with van der Waals surface area (Å²) in [6, 6.07) is 0. The summed E-state index contributed by atoms with van der Waals surface area (Å²) in [7, 11) is 0. The lowest BCUT2D eigenvalue weighted by Crippen LogP contribution is -2.12. The molecule has 0 atom stereocenters. The average Bonchev–Trinajstić information content (AvgIpc) is 1.21. The molecule has 0 rings (SSSR count). The molecule has 50 valence electrons. The molecule has 0 heterocycles. The molecule has 0 amide bonds. The van der Waals surface area contributed by atoms with E-state index < -0.39 is 17.2 Å². The zero-order valence-corrected chi connectivity index (χ0v) is 5.81. The lowest BCUT2D eigenvalue weighted by Gasteiger charge is -2.08. The van der Waals surface area contributed by atoms with Crippen molar-refractivity contribution in [2.45, 2.75) is 24.1 Å². The Kier molecular flexibility index (Phi) is 2.99. The molecule has 8 heavy (non-hydrogen) atoms. The zero-order valence-electron chi connectivity index (χ0n) is 4.30. The standard InChI is InChI=1S/C4H6Cl2F2/c1-4(7,8)2-3(5)6/h3H,2H2,1H3. The lowest BCUT2D eigenvalue weighted by molar-refractivity contribution is 0.0167. The van der Waals surface area contributed by atoms with E-state index in [2.05, 4.69) is 0 Å². The smallest absolute Gasteiger partial charge is 0.207 e. The molecule has 0 spiro atoms. The van der Waals surface area contributed by atoms with Crippen LogP contribution in [0.15, 0.2) is 0 Å². The van der Waals surface area contributed by atoms with E-state index in [-0.39, 0.29) is 0 Å². The molecule has 0 radical (unpaired) electrons. The highest BCUT2D eigenvalue weighted by molar-refractivity contribution is 6.44. The molecule has 4 heteroatoms. The third kappa shape index (κ3) is 6.44. The summed E-state index contributed by atoms with van der Waals surface area (Å²) >= 11 is 10.1. The monoisotopic (exact) mass is 162 g/mol. The van der Waals surface area contributed by atoms with Gasteiger partial charge in [0.15, 0.2) is 0 Å². The molecule has 0 aliphatic carbocycles. The van der Waals surface area contributed by atoms with Crippen LogP contribution < -0.4 is 0 Å². The maximum atomic E-state index is 11.8. The third-order valence-electron chi connectivity index (χ3n) is 0.513. The van der Waals surface area contributed by atoms with E-state index >= 15 is 0 Å². The van der Waals surface area contributed by atoms with Gasteiger partial charge in [-0.15, -0.1) is 23.2 Å². The van der Waals surface area contributed by atoms with Crippen LogP contribution in [-0.4, -0.2) is 10.8 Å². The Balaban J connectivity index is 3.39. The molecule has 0 aromatic heterocycles. The van der Waals surface area contributed by atoms with Crippen molar-refractivity contribution in [2.75, 3.05) is 0 Å². The van der Waals surface area contributed by atoms with E-state index in [9.17, 15) is 8.78 Å². The number of halogens is 4. The first-order valence-electron chi connectivity index (χ1n) is 2.08. The highest BCUT2D eigenvalue weighted by Gasteiger charge is 2.23. The molecule has 0 nitrogen and oxygen atoms in total. The van der Waals surface area contributed by atoms with Gasteiger partial charge in [-0.25, -0.2) is 8.78 Å². The topological polar surface area (TPSA) is 0 Å². The van der Waals surface area contributed by atoms with Crippen LogP contribution in [0.1, 0.15) is 13.3 Å². The highest BCUT2D eigenvalue weighted by atomic mass is 35.5. The fourth-order valence-electron chi connectivity index (χ4n) is 0.271. The molecular formula is C4H6Cl2F2. The number of hydrogen-bond acceptors (Lipinski definition) is 0. The normalized spacial score (nSPS) is 12.8. The second kappa shape index (κ2) is 2.83. The van der Waals surface area contributed by atoms with Crippen LogP contribution in [0.3, 0.4) is 0 Å².